The van der Waals surface area contributed by atoms with Gasteiger partial charge in [-0.05, 0) is 23.5 Å². The first-order valence-electron chi connectivity index (χ1n) is 12.6. The lowest BCUT2D eigenvalue weighted by Crippen LogP contribution is -2.54. The fourth-order valence-electron chi connectivity index (χ4n) is 3.61. The highest BCUT2D eigenvalue weighted by Crippen LogP contribution is 2.19. The number of hydrogen-bond donors (Lipinski definition) is 4. The number of carboxylic acid groups (broad SMARTS) is 1. The number of benzene rings is 1. The Morgan fingerprint density at radius 2 is 1.77 bits per heavy atom. The van der Waals surface area contributed by atoms with Crippen molar-refractivity contribution in [2.24, 2.45) is 11.8 Å². The number of alkyl halides is 3. The van der Waals surface area contributed by atoms with E-state index < -0.39 is 12.1 Å². The Bertz CT molecular complexity index is 1110. The number of nitrogens with one attached hydrogen (secondary N) is 3. The van der Waals surface area contributed by atoms with Crippen molar-refractivity contribution in [3.05, 3.63) is 53.2 Å². The molecule has 10 nitrogen and oxygen atoms in total. The van der Waals surface area contributed by atoms with Crippen LogP contribution in [-0.2, 0) is 11.2 Å². The van der Waals surface area contributed by atoms with Crippen molar-refractivity contribution in [3.8, 4) is 0 Å². The molecule has 1 aromatic carbocycles. The number of rotatable bonds is 7. The summed E-state index contributed by atoms with van der Waals surface area (Å²) in [5, 5.41) is 24.6. The lowest BCUT2D eigenvalue weighted by atomic mass is 10.0. The molecule has 2 heterocycles. The third-order valence-electron chi connectivity index (χ3n) is 5.77. The molecule has 0 saturated carbocycles. The van der Waals surface area contributed by atoms with Crippen molar-refractivity contribution < 1.29 is 32.7 Å². The highest BCUT2D eigenvalue weighted by Gasteiger charge is 2.38. The van der Waals surface area contributed by atoms with Gasteiger partial charge in [0.1, 0.15) is 0 Å². The molecular weight excluding hydrogens is 517 g/mol. The van der Waals surface area contributed by atoms with E-state index in [1.165, 1.54) is 0 Å². The van der Waals surface area contributed by atoms with Gasteiger partial charge in [-0.2, -0.15) is 13.2 Å². The molecule has 0 spiro atoms. The summed E-state index contributed by atoms with van der Waals surface area (Å²) in [6, 6.07) is 11.6. The number of urea groups is 1. The second-order valence-corrected chi connectivity index (χ2v) is 9.85. The third kappa shape index (κ3) is 10.5. The van der Waals surface area contributed by atoms with Crippen LogP contribution in [0.3, 0.4) is 0 Å². The zero-order chi connectivity index (χ0) is 29.2. The van der Waals surface area contributed by atoms with Gasteiger partial charge in [0, 0.05) is 44.2 Å². The Kier molecular flexibility index (Phi) is 11.6. The van der Waals surface area contributed by atoms with E-state index in [2.05, 4.69) is 40.0 Å². The normalized spacial score (nSPS) is 15.4. The van der Waals surface area contributed by atoms with Gasteiger partial charge in [0.2, 0.25) is 0 Å². The summed E-state index contributed by atoms with van der Waals surface area (Å²) >= 11 is 0. The molecule has 4 N–H and O–H groups in total. The highest BCUT2D eigenvalue weighted by atomic mass is 19.4. The predicted octanol–water partition coefficient (Wildman–Crippen LogP) is 3.55. The molecule has 1 saturated heterocycles. The zero-order valence-corrected chi connectivity index (χ0v) is 22.4. The molecular formula is C26H35F3N6O4. The van der Waals surface area contributed by atoms with Gasteiger partial charge in [0.25, 0.3) is 5.91 Å². The Labute approximate surface area is 225 Å². The van der Waals surface area contributed by atoms with Crippen LogP contribution in [0.25, 0.3) is 0 Å². The average molecular weight is 553 g/mol. The quantitative estimate of drug-likeness (QED) is 0.412. The molecule has 0 aliphatic carbocycles. The zero-order valence-electron chi connectivity index (χ0n) is 22.4. The summed E-state index contributed by atoms with van der Waals surface area (Å²) in [5.74, 6) is -1.75. The SMILES string of the molecule is CC(C)CNC(=O)Nc1nnc(C(=O)N2CCN[C@@H](C(C)C)C2)cc1Cc1ccccc1.O=C(O)C(F)(F)F. The second-order valence-electron chi connectivity index (χ2n) is 9.85. The maximum absolute atomic E-state index is 13.2. The first-order valence-corrected chi connectivity index (χ1v) is 12.6. The summed E-state index contributed by atoms with van der Waals surface area (Å²) in [6.07, 6.45) is -4.55. The summed E-state index contributed by atoms with van der Waals surface area (Å²) in [6.45, 7) is 10.9. The second kappa shape index (κ2) is 14.4. The van der Waals surface area contributed by atoms with Gasteiger partial charge in [0.15, 0.2) is 11.5 Å². The minimum absolute atomic E-state index is 0.130. The van der Waals surface area contributed by atoms with Crippen molar-refractivity contribution in [1.82, 2.24) is 25.7 Å². The van der Waals surface area contributed by atoms with E-state index in [4.69, 9.17) is 9.90 Å². The van der Waals surface area contributed by atoms with Gasteiger partial charge >= 0.3 is 18.2 Å². The lowest BCUT2D eigenvalue weighted by molar-refractivity contribution is -0.192. The van der Waals surface area contributed by atoms with Gasteiger partial charge in [0.05, 0.1) is 0 Å². The number of amides is 3. The molecule has 1 fully saturated rings. The van der Waals surface area contributed by atoms with Crippen LogP contribution in [0.2, 0.25) is 0 Å². The van der Waals surface area contributed by atoms with E-state index in [9.17, 15) is 22.8 Å². The van der Waals surface area contributed by atoms with Crippen molar-refractivity contribution in [3.63, 3.8) is 0 Å². The number of anilines is 1. The lowest BCUT2D eigenvalue weighted by Gasteiger charge is -2.35. The van der Waals surface area contributed by atoms with Crippen LogP contribution in [0.5, 0.6) is 0 Å². The first kappa shape index (κ1) is 31.5. The number of aromatic nitrogens is 2. The molecule has 39 heavy (non-hydrogen) atoms. The van der Waals surface area contributed by atoms with Crippen LogP contribution < -0.4 is 16.0 Å². The smallest absolute Gasteiger partial charge is 0.475 e. The van der Waals surface area contributed by atoms with E-state index in [1.807, 2.05) is 49.1 Å². The molecule has 13 heteroatoms. The molecule has 1 aliphatic heterocycles. The van der Waals surface area contributed by atoms with Gasteiger partial charge in [-0.1, -0.05) is 58.0 Å². The number of hydrogen-bond acceptors (Lipinski definition) is 6. The Morgan fingerprint density at radius 3 is 2.33 bits per heavy atom. The summed E-state index contributed by atoms with van der Waals surface area (Å²) in [7, 11) is 0. The Hall–Kier alpha value is -3.74. The summed E-state index contributed by atoms with van der Waals surface area (Å²) in [5.41, 5.74) is 2.12. The molecule has 1 aromatic heterocycles. The minimum Gasteiger partial charge on any atom is -0.475 e. The average Bonchev–Trinajstić information content (AvgIpc) is 2.88. The molecule has 214 valence electrons. The van der Waals surface area contributed by atoms with E-state index in [0.717, 1.165) is 17.7 Å². The third-order valence-corrected chi connectivity index (χ3v) is 5.77. The number of carboxylic acids is 1. The van der Waals surface area contributed by atoms with Gasteiger partial charge < -0.3 is 20.6 Å². The summed E-state index contributed by atoms with van der Waals surface area (Å²) in [4.78, 5) is 36.2. The number of halogens is 3. The fraction of sp³-hybridized carbons (Fsp3) is 0.500. The number of aliphatic carboxylic acids is 1. The molecule has 3 amide bonds. The van der Waals surface area contributed by atoms with Gasteiger partial charge in [-0.25, -0.2) is 9.59 Å². The molecule has 3 rings (SSSR count). The number of nitrogens with zero attached hydrogens (tertiary/aromatic N) is 3. The fourth-order valence-corrected chi connectivity index (χ4v) is 3.61. The van der Waals surface area contributed by atoms with Crippen LogP contribution in [0.15, 0.2) is 36.4 Å². The van der Waals surface area contributed by atoms with E-state index in [0.29, 0.717) is 49.4 Å². The maximum Gasteiger partial charge on any atom is 0.490 e. The maximum atomic E-state index is 13.2. The molecule has 0 unspecified atom stereocenters. The largest absolute Gasteiger partial charge is 0.490 e. The van der Waals surface area contributed by atoms with Crippen LogP contribution in [-0.4, -0.2) is 76.5 Å². The molecule has 0 bridgehead atoms. The first-order chi connectivity index (χ1) is 18.3. The van der Waals surface area contributed by atoms with Gasteiger partial charge in [-0.15, -0.1) is 10.2 Å². The molecule has 2 aromatic rings. The van der Waals surface area contributed by atoms with Crippen LogP contribution in [0.4, 0.5) is 23.8 Å². The van der Waals surface area contributed by atoms with Crippen molar-refractivity contribution in [2.45, 2.75) is 46.3 Å². The number of carbonyl (C=O) groups is 3. The van der Waals surface area contributed by atoms with Crippen molar-refractivity contribution in [1.29, 1.82) is 0 Å². The molecule has 1 atom stereocenters. The molecule has 0 radical (unpaired) electrons. The van der Waals surface area contributed by atoms with E-state index in [-0.39, 0.29) is 18.0 Å². The van der Waals surface area contributed by atoms with Gasteiger partial charge in [-0.3, -0.25) is 10.1 Å². The van der Waals surface area contributed by atoms with Crippen LogP contribution >= 0.6 is 0 Å². The number of carbonyl (C=O) groups excluding carboxylic acids is 2. The number of piperazine rings is 1. The van der Waals surface area contributed by atoms with Crippen molar-refractivity contribution >= 4 is 23.7 Å². The predicted molar refractivity (Wildman–Crippen MR) is 139 cm³/mol. The summed E-state index contributed by atoms with van der Waals surface area (Å²) < 4.78 is 31.7. The van der Waals surface area contributed by atoms with E-state index in [1.54, 1.807) is 6.07 Å². The van der Waals surface area contributed by atoms with E-state index >= 15 is 0 Å². The Balaban J connectivity index is 0.000000673. The Morgan fingerprint density at radius 1 is 1.13 bits per heavy atom. The highest BCUT2D eigenvalue weighted by molar-refractivity contribution is 5.93. The van der Waals surface area contributed by atoms with Crippen molar-refractivity contribution in [2.75, 3.05) is 31.5 Å². The topological polar surface area (TPSA) is 137 Å². The van der Waals surface area contributed by atoms with Crippen LogP contribution in [0.1, 0.15) is 49.3 Å². The monoisotopic (exact) mass is 552 g/mol. The van der Waals surface area contributed by atoms with Crippen LogP contribution in [0, 0.1) is 11.8 Å². The minimum atomic E-state index is -5.08. The molecule has 1 aliphatic rings. The standard InChI is InChI=1S/C24H34N6O2.C2HF3O2/c1-16(2)14-26-24(32)27-22-19(12-18-8-6-5-7-9-18)13-20(28-29-22)23(31)30-11-10-25-21(15-30)17(3)4;3-2(4,5)1(6)7/h5-9,13,16-17,21,25H,10-12,14-15H2,1-4H3,(H2,26,27,29,32);(H,6,7)/t21-;/m1./s1.